The van der Waals surface area contributed by atoms with E-state index >= 15 is 0 Å². The normalized spacial score (nSPS) is 14.1. The molecule has 0 aromatic carbocycles. The molecular weight excluding hydrogens is 350 g/mol. The molecule has 164 valence electrons. The molecule has 0 aromatic heterocycles. The highest BCUT2D eigenvalue weighted by molar-refractivity contribution is 5.67. The van der Waals surface area contributed by atoms with E-state index in [2.05, 4.69) is 6.92 Å². The number of aliphatic hydroxyl groups is 4. The summed E-state index contributed by atoms with van der Waals surface area (Å²) in [5.41, 5.74) is 5.49. The van der Waals surface area contributed by atoms with Gasteiger partial charge < -0.3 is 31.3 Å². The Morgan fingerprint density at radius 2 is 1.19 bits per heavy atom. The van der Waals surface area contributed by atoms with Crippen LogP contribution in [0.1, 0.15) is 90.4 Å². The second kappa shape index (κ2) is 21.6. The number of unbranched alkanes of at least 4 members (excludes halogenated alkanes) is 11. The Kier molecular flexibility index (Phi) is 22.8. The zero-order chi connectivity index (χ0) is 20.9. The smallest absolute Gasteiger partial charge is 0.329 e. The van der Waals surface area contributed by atoms with E-state index in [1.165, 1.54) is 64.2 Å². The van der Waals surface area contributed by atoms with Crippen molar-refractivity contribution in [2.75, 3.05) is 13.2 Å². The molecule has 7 nitrogen and oxygen atoms in total. The van der Waals surface area contributed by atoms with Gasteiger partial charge in [-0.25, -0.2) is 4.79 Å². The third kappa shape index (κ3) is 21.4. The summed E-state index contributed by atoms with van der Waals surface area (Å²) in [5.74, 6) is -1.19. The molecule has 0 aliphatic carbocycles. The minimum Gasteiger partial charge on any atom is -0.480 e. The number of hydrogen-bond acceptors (Lipinski definition) is 6. The summed E-state index contributed by atoms with van der Waals surface area (Å²) in [6, 6.07) is -0.743. The Bertz CT molecular complexity index is 317. The number of aliphatic carboxylic acids is 1. The number of rotatable bonds is 17. The standard InChI is InChI=1S/C18H39NO3.C2H4O3/c1-2-3-4-5-6-7-8-9-10-11-12-13-14-17(21)18(22)16(19)15-20;3-1-2(4)5/h16-18,20-22H,2-15,19H2,1H3;3H,1H2,(H,4,5)/t16-,17+,18-;/m0./s1. The minimum absolute atomic E-state index is 0.295. The lowest BCUT2D eigenvalue weighted by Gasteiger charge is -2.22. The van der Waals surface area contributed by atoms with Crippen LogP contribution in [-0.2, 0) is 4.79 Å². The molecule has 27 heavy (non-hydrogen) atoms. The molecule has 0 aliphatic rings. The summed E-state index contributed by atoms with van der Waals surface area (Å²) in [6.45, 7) is 1.18. The average Bonchev–Trinajstić information content (AvgIpc) is 2.67. The van der Waals surface area contributed by atoms with Crippen molar-refractivity contribution in [1.29, 1.82) is 0 Å². The van der Waals surface area contributed by atoms with Gasteiger partial charge in [0.2, 0.25) is 0 Å². The third-order valence-electron chi connectivity index (χ3n) is 4.53. The van der Waals surface area contributed by atoms with E-state index in [1.54, 1.807) is 0 Å². The van der Waals surface area contributed by atoms with Crippen molar-refractivity contribution >= 4 is 5.97 Å². The van der Waals surface area contributed by atoms with Crippen molar-refractivity contribution in [3.63, 3.8) is 0 Å². The van der Waals surface area contributed by atoms with E-state index in [4.69, 9.17) is 25.8 Å². The Labute approximate surface area is 164 Å². The molecule has 0 aliphatic heterocycles. The van der Waals surface area contributed by atoms with Gasteiger partial charge >= 0.3 is 5.97 Å². The van der Waals surface area contributed by atoms with Gasteiger partial charge in [-0.2, -0.15) is 0 Å². The fourth-order valence-electron chi connectivity index (χ4n) is 2.76. The Morgan fingerprint density at radius 1 is 0.815 bits per heavy atom. The number of nitrogens with two attached hydrogens (primary N) is 1. The van der Waals surface area contributed by atoms with Crippen LogP contribution in [0.25, 0.3) is 0 Å². The molecule has 0 saturated heterocycles. The van der Waals surface area contributed by atoms with E-state index in [9.17, 15) is 10.2 Å². The van der Waals surface area contributed by atoms with Crippen LogP contribution in [0.5, 0.6) is 0 Å². The summed E-state index contributed by atoms with van der Waals surface area (Å²) in [6.07, 6.45) is 14.1. The van der Waals surface area contributed by atoms with Crippen LogP contribution in [0.3, 0.4) is 0 Å². The number of carboxylic acid groups (broad SMARTS) is 1. The topological polar surface area (TPSA) is 144 Å². The SMILES string of the molecule is CCCCCCCCCCCCCC[C@@H](O)[C@@H](O)[C@@H](N)CO.O=C(O)CO. The lowest BCUT2D eigenvalue weighted by Crippen LogP contribution is -2.45. The first kappa shape index (κ1) is 28.5. The largest absolute Gasteiger partial charge is 0.480 e. The van der Waals surface area contributed by atoms with Gasteiger partial charge in [0.25, 0.3) is 0 Å². The van der Waals surface area contributed by atoms with E-state index in [0.717, 1.165) is 12.8 Å². The second-order valence-corrected chi connectivity index (χ2v) is 7.13. The number of carbonyl (C=O) groups is 1. The Morgan fingerprint density at radius 3 is 1.52 bits per heavy atom. The molecule has 3 atom stereocenters. The number of carboxylic acids is 1. The van der Waals surface area contributed by atoms with E-state index < -0.39 is 30.8 Å². The lowest BCUT2D eigenvalue weighted by molar-refractivity contribution is -0.140. The molecule has 0 aromatic rings. The first-order valence-electron chi connectivity index (χ1n) is 10.5. The highest BCUT2D eigenvalue weighted by Crippen LogP contribution is 2.14. The van der Waals surface area contributed by atoms with Crippen molar-refractivity contribution in [3.05, 3.63) is 0 Å². The molecule has 0 fully saturated rings. The van der Waals surface area contributed by atoms with Gasteiger partial charge in [-0.15, -0.1) is 0 Å². The first-order chi connectivity index (χ1) is 12.9. The van der Waals surface area contributed by atoms with Crippen molar-refractivity contribution in [2.24, 2.45) is 5.73 Å². The third-order valence-corrected chi connectivity index (χ3v) is 4.53. The molecule has 0 spiro atoms. The summed E-state index contributed by atoms with van der Waals surface area (Å²) < 4.78 is 0. The molecule has 7 N–H and O–H groups in total. The van der Waals surface area contributed by atoms with E-state index in [-0.39, 0.29) is 6.61 Å². The zero-order valence-electron chi connectivity index (χ0n) is 17.1. The van der Waals surface area contributed by atoms with E-state index in [1.807, 2.05) is 0 Å². The van der Waals surface area contributed by atoms with Crippen LogP contribution >= 0.6 is 0 Å². The predicted octanol–water partition coefficient (Wildman–Crippen LogP) is 2.18. The van der Waals surface area contributed by atoms with Gasteiger partial charge in [-0.1, -0.05) is 84.0 Å². The van der Waals surface area contributed by atoms with Crippen LogP contribution < -0.4 is 5.73 Å². The molecule has 0 amide bonds. The second-order valence-electron chi connectivity index (χ2n) is 7.13. The van der Waals surface area contributed by atoms with Gasteiger partial charge in [0.15, 0.2) is 0 Å². The highest BCUT2D eigenvalue weighted by Gasteiger charge is 2.22. The fraction of sp³-hybridized carbons (Fsp3) is 0.950. The van der Waals surface area contributed by atoms with E-state index in [0.29, 0.717) is 6.42 Å². The van der Waals surface area contributed by atoms with Gasteiger partial charge in [0.1, 0.15) is 6.61 Å². The summed E-state index contributed by atoms with van der Waals surface area (Å²) in [7, 11) is 0. The Hall–Kier alpha value is -0.730. The molecule has 0 heterocycles. The quantitative estimate of drug-likeness (QED) is 0.208. The molecule has 0 saturated carbocycles. The maximum absolute atomic E-state index is 9.74. The molecular formula is C20H43NO6. The van der Waals surface area contributed by atoms with Crippen LogP contribution in [0.2, 0.25) is 0 Å². The van der Waals surface area contributed by atoms with Crippen LogP contribution in [0.4, 0.5) is 0 Å². The monoisotopic (exact) mass is 393 g/mol. The highest BCUT2D eigenvalue weighted by atomic mass is 16.4. The Balaban J connectivity index is 0. The van der Waals surface area contributed by atoms with Gasteiger partial charge in [0.05, 0.1) is 24.9 Å². The molecule has 0 bridgehead atoms. The molecule has 0 rings (SSSR count). The summed E-state index contributed by atoms with van der Waals surface area (Å²) in [5, 5.41) is 43.2. The first-order valence-corrected chi connectivity index (χ1v) is 10.5. The van der Waals surface area contributed by atoms with Crippen molar-refractivity contribution in [1.82, 2.24) is 0 Å². The molecule has 0 unspecified atom stereocenters. The molecule has 7 heteroatoms. The molecule has 0 radical (unpaired) electrons. The van der Waals surface area contributed by atoms with Crippen LogP contribution in [0.15, 0.2) is 0 Å². The summed E-state index contributed by atoms with van der Waals surface area (Å²) >= 11 is 0. The van der Waals surface area contributed by atoms with Crippen molar-refractivity contribution < 1.29 is 30.3 Å². The average molecular weight is 394 g/mol. The maximum Gasteiger partial charge on any atom is 0.329 e. The van der Waals surface area contributed by atoms with Gasteiger partial charge in [0, 0.05) is 0 Å². The minimum atomic E-state index is -1.19. The van der Waals surface area contributed by atoms with Crippen molar-refractivity contribution in [2.45, 2.75) is 109 Å². The zero-order valence-corrected chi connectivity index (χ0v) is 17.1. The number of aliphatic hydroxyl groups excluding tert-OH is 4. The van der Waals surface area contributed by atoms with Crippen molar-refractivity contribution in [3.8, 4) is 0 Å². The predicted molar refractivity (Wildman–Crippen MR) is 107 cm³/mol. The summed E-state index contributed by atoms with van der Waals surface area (Å²) in [4.78, 5) is 9.12. The number of hydrogen-bond donors (Lipinski definition) is 6. The van der Waals surface area contributed by atoms with Gasteiger partial charge in [-0.05, 0) is 6.42 Å². The van der Waals surface area contributed by atoms with Crippen LogP contribution in [0, 0.1) is 0 Å². The maximum atomic E-state index is 9.74. The van der Waals surface area contributed by atoms with Crippen LogP contribution in [-0.4, -0.2) is 63.0 Å². The fourth-order valence-corrected chi connectivity index (χ4v) is 2.76. The van der Waals surface area contributed by atoms with Gasteiger partial charge in [-0.3, -0.25) is 0 Å². The lowest BCUT2D eigenvalue weighted by atomic mass is 10.00.